The molecule has 0 aliphatic rings. The number of anilines is 1. The monoisotopic (exact) mass is 470 g/mol. The number of halogens is 2. The second kappa shape index (κ2) is 7.96. The lowest BCUT2D eigenvalue weighted by molar-refractivity contribution is -0.116. The fourth-order valence-corrected chi connectivity index (χ4v) is 2.78. The SMILES string of the molecule is Cc1c(I)cnn1CCC(=O)Nc1ncn(Cc2ccc(Cl)cc2)n1. The largest absolute Gasteiger partial charge is 0.293 e. The summed E-state index contributed by atoms with van der Waals surface area (Å²) in [5, 5.41) is 11.9. The second-order valence-electron chi connectivity index (χ2n) is 5.49. The quantitative estimate of drug-likeness (QED) is 0.562. The number of nitrogens with zero attached hydrogens (tertiary/aromatic N) is 5. The predicted molar refractivity (Wildman–Crippen MR) is 104 cm³/mol. The molecule has 0 spiro atoms. The van der Waals surface area contributed by atoms with Crippen LogP contribution in [0, 0.1) is 10.5 Å². The van der Waals surface area contributed by atoms with Crippen molar-refractivity contribution in [1.29, 1.82) is 0 Å². The number of amides is 1. The van der Waals surface area contributed by atoms with Crippen molar-refractivity contribution >= 4 is 46.0 Å². The van der Waals surface area contributed by atoms with E-state index in [4.69, 9.17) is 11.6 Å². The molecule has 1 N–H and O–H groups in total. The van der Waals surface area contributed by atoms with Crippen LogP contribution < -0.4 is 5.32 Å². The number of nitrogens with one attached hydrogen (secondary N) is 1. The van der Waals surface area contributed by atoms with Gasteiger partial charge in [-0.3, -0.25) is 14.8 Å². The Kier molecular flexibility index (Phi) is 5.69. The maximum atomic E-state index is 12.1. The van der Waals surface area contributed by atoms with Gasteiger partial charge in [-0.25, -0.2) is 9.67 Å². The van der Waals surface area contributed by atoms with Gasteiger partial charge < -0.3 is 0 Å². The van der Waals surface area contributed by atoms with Crippen LogP contribution >= 0.6 is 34.2 Å². The van der Waals surface area contributed by atoms with Crippen LogP contribution in [-0.4, -0.2) is 30.5 Å². The number of carbonyl (C=O) groups is 1. The van der Waals surface area contributed by atoms with Gasteiger partial charge in [0, 0.05) is 17.1 Å². The van der Waals surface area contributed by atoms with Crippen LogP contribution in [0.1, 0.15) is 17.7 Å². The summed E-state index contributed by atoms with van der Waals surface area (Å²) in [6.07, 6.45) is 3.68. The summed E-state index contributed by atoms with van der Waals surface area (Å²) in [5.74, 6) is 0.153. The van der Waals surface area contributed by atoms with Crippen molar-refractivity contribution in [3.8, 4) is 0 Å². The van der Waals surface area contributed by atoms with E-state index in [-0.39, 0.29) is 5.91 Å². The van der Waals surface area contributed by atoms with Crippen molar-refractivity contribution < 1.29 is 4.79 Å². The summed E-state index contributed by atoms with van der Waals surface area (Å²) in [4.78, 5) is 16.2. The fraction of sp³-hybridized carbons (Fsp3) is 0.250. The molecular formula is C16H16ClIN6O. The van der Waals surface area contributed by atoms with Crippen molar-refractivity contribution in [2.75, 3.05) is 5.32 Å². The number of benzene rings is 1. The lowest BCUT2D eigenvalue weighted by Crippen LogP contribution is -2.16. The molecule has 130 valence electrons. The van der Waals surface area contributed by atoms with Gasteiger partial charge in [0.25, 0.3) is 0 Å². The minimum absolute atomic E-state index is 0.144. The molecule has 0 unspecified atom stereocenters. The zero-order chi connectivity index (χ0) is 17.8. The molecule has 0 radical (unpaired) electrons. The van der Waals surface area contributed by atoms with E-state index < -0.39 is 0 Å². The molecule has 0 saturated heterocycles. The summed E-state index contributed by atoms with van der Waals surface area (Å²) < 4.78 is 4.56. The minimum Gasteiger partial charge on any atom is -0.293 e. The van der Waals surface area contributed by atoms with E-state index in [9.17, 15) is 4.79 Å². The summed E-state index contributed by atoms with van der Waals surface area (Å²) >= 11 is 8.09. The second-order valence-corrected chi connectivity index (χ2v) is 7.09. The normalized spacial score (nSPS) is 10.8. The highest BCUT2D eigenvalue weighted by Gasteiger charge is 2.09. The van der Waals surface area contributed by atoms with Crippen molar-refractivity contribution in [3.05, 3.63) is 56.6 Å². The van der Waals surface area contributed by atoms with Gasteiger partial charge >= 0.3 is 0 Å². The lowest BCUT2D eigenvalue weighted by atomic mass is 10.2. The number of aryl methyl sites for hydroxylation is 1. The van der Waals surface area contributed by atoms with Crippen LogP contribution in [0.4, 0.5) is 5.95 Å². The summed E-state index contributed by atoms with van der Waals surface area (Å²) in [6.45, 7) is 3.06. The Labute approximate surface area is 163 Å². The van der Waals surface area contributed by atoms with E-state index in [1.165, 1.54) is 0 Å². The molecule has 3 rings (SSSR count). The Bertz CT molecular complexity index is 873. The maximum Gasteiger partial charge on any atom is 0.248 e. The lowest BCUT2D eigenvalue weighted by Gasteiger charge is -2.04. The van der Waals surface area contributed by atoms with Gasteiger partial charge in [0.1, 0.15) is 6.33 Å². The molecule has 2 aromatic heterocycles. The van der Waals surface area contributed by atoms with Gasteiger partial charge in [-0.05, 0) is 47.2 Å². The highest BCUT2D eigenvalue weighted by atomic mass is 127. The average molecular weight is 471 g/mol. The van der Waals surface area contributed by atoms with E-state index in [0.29, 0.717) is 30.5 Å². The number of hydrogen-bond acceptors (Lipinski definition) is 4. The zero-order valence-corrected chi connectivity index (χ0v) is 16.4. The van der Waals surface area contributed by atoms with E-state index in [2.05, 4.69) is 43.1 Å². The van der Waals surface area contributed by atoms with Crippen LogP contribution in [0.15, 0.2) is 36.8 Å². The van der Waals surface area contributed by atoms with E-state index in [1.807, 2.05) is 35.9 Å². The summed E-state index contributed by atoms with van der Waals surface area (Å²) in [6, 6.07) is 7.51. The average Bonchev–Trinajstić information content (AvgIpc) is 3.15. The Balaban J connectivity index is 1.53. The first-order valence-corrected chi connectivity index (χ1v) is 9.08. The van der Waals surface area contributed by atoms with Crippen molar-refractivity contribution in [2.45, 2.75) is 26.4 Å². The molecule has 0 bridgehead atoms. The van der Waals surface area contributed by atoms with Crippen LogP contribution in [0.25, 0.3) is 0 Å². The first-order valence-electron chi connectivity index (χ1n) is 7.63. The molecule has 1 amide bonds. The third kappa shape index (κ3) is 4.79. The van der Waals surface area contributed by atoms with Gasteiger partial charge in [-0.1, -0.05) is 23.7 Å². The van der Waals surface area contributed by atoms with Gasteiger partial charge in [0.15, 0.2) is 0 Å². The third-order valence-electron chi connectivity index (χ3n) is 3.64. The maximum absolute atomic E-state index is 12.1. The fourth-order valence-electron chi connectivity index (χ4n) is 2.25. The molecule has 25 heavy (non-hydrogen) atoms. The number of aromatic nitrogens is 5. The first kappa shape index (κ1) is 17.9. The molecule has 3 aromatic rings. The molecule has 0 atom stereocenters. The van der Waals surface area contributed by atoms with Gasteiger partial charge in [-0.15, -0.1) is 5.10 Å². The van der Waals surface area contributed by atoms with Crippen molar-refractivity contribution in [2.24, 2.45) is 0 Å². The van der Waals surface area contributed by atoms with Crippen LogP contribution in [0.3, 0.4) is 0 Å². The van der Waals surface area contributed by atoms with Crippen LogP contribution in [0.2, 0.25) is 5.02 Å². The Morgan fingerprint density at radius 3 is 2.76 bits per heavy atom. The molecular weight excluding hydrogens is 455 g/mol. The van der Waals surface area contributed by atoms with E-state index in [1.54, 1.807) is 17.2 Å². The smallest absolute Gasteiger partial charge is 0.248 e. The molecule has 0 aliphatic carbocycles. The number of rotatable bonds is 6. The Hall–Kier alpha value is -1.94. The van der Waals surface area contributed by atoms with Gasteiger partial charge in [0.2, 0.25) is 11.9 Å². The zero-order valence-electron chi connectivity index (χ0n) is 13.5. The van der Waals surface area contributed by atoms with Crippen molar-refractivity contribution in [3.63, 3.8) is 0 Å². The molecule has 9 heteroatoms. The van der Waals surface area contributed by atoms with E-state index in [0.717, 1.165) is 14.8 Å². The third-order valence-corrected chi connectivity index (χ3v) is 4.95. The highest BCUT2D eigenvalue weighted by molar-refractivity contribution is 14.1. The molecule has 7 nitrogen and oxygen atoms in total. The molecule has 2 heterocycles. The Morgan fingerprint density at radius 1 is 1.32 bits per heavy atom. The molecule has 1 aromatic carbocycles. The number of carbonyl (C=O) groups excluding carboxylic acids is 1. The summed E-state index contributed by atoms with van der Waals surface area (Å²) in [7, 11) is 0. The predicted octanol–water partition coefficient (Wildman–Crippen LogP) is 3.12. The topological polar surface area (TPSA) is 77.6 Å². The van der Waals surface area contributed by atoms with Gasteiger partial charge in [-0.2, -0.15) is 5.10 Å². The van der Waals surface area contributed by atoms with Crippen molar-refractivity contribution in [1.82, 2.24) is 24.5 Å². The Morgan fingerprint density at radius 2 is 2.08 bits per heavy atom. The summed E-state index contributed by atoms with van der Waals surface area (Å²) in [5.41, 5.74) is 2.11. The van der Waals surface area contributed by atoms with E-state index >= 15 is 0 Å². The van der Waals surface area contributed by atoms with Crippen LogP contribution in [0.5, 0.6) is 0 Å². The van der Waals surface area contributed by atoms with Gasteiger partial charge in [0.05, 0.1) is 22.9 Å². The molecule has 0 aliphatic heterocycles. The highest BCUT2D eigenvalue weighted by Crippen LogP contribution is 2.12. The molecule has 0 saturated carbocycles. The minimum atomic E-state index is -0.144. The van der Waals surface area contributed by atoms with Crippen LogP contribution in [-0.2, 0) is 17.9 Å². The molecule has 0 fully saturated rings. The first-order chi connectivity index (χ1) is 12.0. The number of hydrogen-bond donors (Lipinski definition) is 1. The standard InChI is InChI=1S/C16H16ClIN6O/c1-11-14(18)8-20-24(11)7-6-15(25)21-16-19-10-23(22-16)9-12-2-4-13(17)5-3-12/h2-5,8,10H,6-7,9H2,1H3,(H,21,22,25).